The SMILES string of the molecule is COc1cccc(/C(O)=C2\C(=O)C(=O)N(CCc3ccccc3)C2c2ccccc2F)c1. The first-order valence-corrected chi connectivity index (χ1v) is 10.2. The zero-order valence-corrected chi connectivity index (χ0v) is 17.5. The summed E-state index contributed by atoms with van der Waals surface area (Å²) in [5.41, 5.74) is 1.31. The molecule has 1 fully saturated rings. The van der Waals surface area contributed by atoms with Crippen LogP contribution in [0.4, 0.5) is 4.39 Å². The number of aliphatic hydroxyl groups excluding tert-OH is 1. The second-order valence-corrected chi connectivity index (χ2v) is 7.48. The van der Waals surface area contributed by atoms with E-state index in [1.165, 1.54) is 30.2 Å². The molecule has 0 bridgehead atoms. The average molecular weight is 431 g/mol. The molecule has 1 saturated heterocycles. The van der Waals surface area contributed by atoms with Crippen LogP contribution in [0.1, 0.15) is 22.7 Å². The van der Waals surface area contributed by atoms with E-state index in [4.69, 9.17) is 4.74 Å². The Hall–Kier alpha value is -3.93. The van der Waals surface area contributed by atoms with E-state index in [9.17, 15) is 19.1 Å². The van der Waals surface area contributed by atoms with E-state index in [0.29, 0.717) is 17.7 Å². The van der Waals surface area contributed by atoms with Gasteiger partial charge in [0.25, 0.3) is 11.7 Å². The van der Waals surface area contributed by atoms with Crippen molar-refractivity contribution >= 4 is 17.4 Å². The molecule has 1 N–H and O–H groups in total. The molecule has 0 aliphatic carbocycles. The third kappa shape index (κ3) is 3.99. The van der Waals surface area contributed by atoms with Crippen LogP contribution in [0.15, 0.2) is 84.4 Å². The Bertz CT molecular complexity index is 1190. The zero-order chi connectivity index (χ0) is 22.7. The number of hydrogen-bond donors (Lipinski definition) is 1. The number of carbonyl (C=O) groups excluding carboxylic acids is 2. The Kier molecular flexibility index (Phi) is 6.03. The quantitative estimate of drug-likeness (QED) is 0.355. The van der Waals surface area contributed by atoms with Crippen LogP contribution in [0.5, 0.6) is 5.75 Å². The standard InChI is InChI=1S/C26H22FNO4/c1-32-19-11-7-10-18(16-19)24(29)22-23(20-12-5-6-13-21(20)27)28(26(31)25(22)30)15-14-17-8-3-2-4-9-17/h2-13,16,23,29H,14-15H2,1H3/b24-22+. The number of amides is 1. The van der Waals surface area contributed by atoms with Crippen LogP contribution >= 0.6 is 0 Å². The fourth-order valence-electron chi connectivity index (χ4n) is 3.95. The molecular formula is C26H22FNO4. The number of aliphatic hydroxyl groups is 1. The van der Waals surface area contributed by atoms with Gasteiger partial charge in [0.1, 0.15) is 17.3 Å². The molecule has 32 heavy (non-hydrogen) atoms. The average Bonchev–Trinajstić information content (AvgIpc) is 3.08. The van der Waals surface area contributed by atoms with Crippen molar-refractivity contribution in [2.24, 2.45) is 0 Å². The number of benzene rings is 3. The normalized spacial score (nSPS) is 17.6. The van der Waals surface area contributed by atoms with E-state index >= 15 is 0 Å². The summed E-state index contributed by atoms with van der Waals surface area (Å²) >= 11 is 0. The van der Waals surface area contributed by atoms with Gasteiger partial charge in [-0.05, 0) is 30.2 Å². The van der Waals surface area contributed by atoms with Crippen molar-refractivity contribution < 1.29 is 23.8 Å². The number of carbonyl (C=O) groups is 2. The molecule has 162 valence electrons. The van der Waals surface area contributed by atoms with E-state index in [-0.39, 0.29) is 23.4 Å². The van der Waals surface area contributed by atoms with E-state index in [0.717, 1.165) is 5.56 Å². The van der Waals surface area contributed by atoms with Gasteiger partial charge in [0.15, 0.2) is 0 Å². The summed E-state index contributed by atoms with van der Waals surface area (Å²) in [5.74, 6) is -2.04. The number of nitrogens with zero attached hydrogens (tertiary/aromatic N) is 1. The summed E-state index contributed by atoms with van der Waals surface area (Å²) in [6.45, 7) is 0.197. The Morgan fingerprint density at radius 1 is 1.00 bits per heavy atom. The van der Waals surface area contributed by atoms with Crippen molar-refractivity contribution in [3.05, 3.63) is 107 Å². The molecule has 6 heteroatoms. The molecule has 1 amide bonds. The molecule has 0 spiro atoms. The van der Waals surface area contributed by atoms with Crippen LogP contribution in [0.3, 0.4) is 0 Å². The molecule has 3 aromatic rings. The van der Waals surface area contributed by atoms with Gasteiger partial charge < -0.3 is 14.7 Å². The van der Waals surface area contributed by atoms with Gasteiger partial charge in [0.05, 0.1) is 18.7 Å². The minimum atomic E-state index is -1.04. The highest BCUT2D eigenvalue weighted by molar-refractivity contribution is 6.46. The highest BCUT2D eigenvalue weighted by Crippen LogP contribution is 2.40. The van der Waals surface area contributed by atoms with E-state index in [2.05, 4.69) is 0 Å². The van der Waals surface area contributed by atoms with Gasteiger partial charge in [-0.2, -0.15) is 0 Å². The van der Waals surface area contributed by atoms with E-state index < -0.39 is 23.5 Å². The number of likely N-dealkylation sites (tertiary alicyclic amines) is 1. The van der Waals surface area contributed by atoms with Gasteiger partial charge in [-0.3, -0.25) is 9.59 Å². The highest BCUT2D eigenvalue weighted by atomic mass is 19.1. The minimum absolute atomic E-state index is 0.138. The number of ketones is 1. The molecule has 5 nitrogen and oxygen atoms in total. The summed E-state index contributed by atoms with van der Waals surface area (Å²) in [4.78, 5) is 27.3. The molecule has 1 atom stereocenters. The van der Waals surface area contributed by atoms with Gasteiger partial charge in [0.2, 0.25) is 0 Å². The van der Waals surface area contributed by atoms with Crippen LogP contribution in [0.25, 0.3) is 5.76 Å². The topological polar surface area (TPSA) is 66.8 Å². The third-order valence-corrected chi connectivity index (χ3v) is 5.57. The molecule has 1 heterocycles. The van der Waals surface area contributed by atoms with E-state index in [1.807, 2.05) is 30.3 Å². The monoisotopic (exact) mass is 431 g/mol. The Morgan fingerprint density at radius 3 is 2.44 bits per heavy atom. The summed E-state index contributed by atoms with van der Waals surface area (Å²) in [5, 5.41) is 11.1. The van der Waals surface area contributed by atoms with Crippen molar-refractivity contribution in [3.63, 3.8) is 0 Å². The van der Waals surface area contributed by atoms with Crippen LogP contribution in [-0.2, 0) is 16.0 Å². The number of Topliss-reactive ketones (excluding diaryl/α,β-unsaturated/α-hetero) is 1. The first-order chi connectivity index (χ1) is 15.5. The van der Waals surface area contributed by atoms with Crippen LogP contribution in [0.2, 0.25) is 0 Å². The van der Waals surface area contributed by atoms with Gasteiger partial charge in [-0.1, -0.05) is 60.7 Å². The first-order valence-electron chi connectivity index (χ1n) is 10.2. The number of methoxy groups -OCH3 is 1. The minimum Gasteiger partial charge on any atom is -0.507 e. The second-order valence-electron chi connectivity index (χ2n) is 7.48. The lowest BCUT2D eigenvalue weighted by molar-refractivity contribution is -0.139. The fourth-order valence-corrected chi connectivity index (χ4v) is 3.95. The van der Waals surface area contributed by atoms with Crippen LogP contribution < -0.4 is 4.74 Å². The maximum absolute atomic E-state index is 14.8. The van der Waals surface area contributed by atoms with Crippen molar-refractivity contribution in [1.29, 1.82) is 0 Å². The molecule has 4 rings (SSSR count). The molecule has 0 aromatic heterocycles. The van der Waals surface area contributed by atoms with Crippen molar-refractivity contribution in [3.8, 4) is 5.75 Å². The fraction of sp³-hybridized carbons (Fsp3) is 0.154. The maximum Gasteiger partial charge on any atom is 0.295 e. The summed E-state index contributed by atoms with van der Waals surface area (Å²) in [6, 6.07) is 21.0. The van der Waals surface area contributed by atoms with Crippen molar-refractivity contribution in [2.75, 3.05) is 13.7 Å². The predicted octanol–water partition coefficient (Wildman–Crippen LogP) is 4.50. The van der Waals surface area contributed by atoms with Crippen molar-refractivity contribution in [1.82, 2.24) is 4.90 Å². The molecular weight excluding hydrogens is 409 g/mol. The number of rotatable bonds is 6. The first kappa shape index (κ1) is 21.3. The number of ether oxygens (including phenoxy) is 1. The van der Waals surface area contributed by atoms with Gasteiger partial charge in [-0.25, -0.2) is 4.39 Å². The highest BCUT2D eigenvalue weighted by Gasteiger charge is 2.46. The van der Waals surface area contributed by atoms with Gasteiger partial charge in [-0.15, -0.1) is 0 Å². The molecule has 1 unspecified atom stereocenters. The second kappa shape index (κ2) is 9.06. The maximum atomic E-state index is 14.8. The number of hydrogen-bond acceptors (Lipinski definition) is 4. The smallest absolute Gasteiger partial charge is 0.295 e. The molecule has 0 radical (unpaired) electrons. The van der Waals surface area contributed by atoms with Crippen LogP contribution in [0, 0.1) is 5.82 Å². The lowest BCUT2D eigenvalue weighted by Crippen LogP contribution is -2.32. The summed E-state index contributed by atoms with van der Waals surface area (Å²) < 4.78 is 20.0. The Morgan fingerprint density at radius 2 is 1.72 bits per heavy atom. The molecule has 0 saturated carbocycles. The predicted molar refractivity (Wildman–Crippen MR) is 119 cm³/mol. The molecule has 1 aliphatic rings. The molecule has 3 aromatic carbocycles. The lowest BCUT2D eigenvalue weighted by atomic mass is 9.94. The van der Waals surface area contributed by atoms with Gasteiger partial charge >= 0.3 is 0 Å². The van der Waals surface area contributed by atoms with Crippen LogP contribution in [-0.4, -0.2) is 35.4 Å². The summed E-state index contributed by atoms with van der Waals surface area (Å²) in [6.07, 6.45) is 0.484. The van der Waals surface area contributed by atoms with Gasteiger partial charge in [0, 0.05) is 17.7 Å². The Balaban J connectivity index is 1.81. The van der Waals surface area contributed by atoms with Crippen molar-refractivity contribution in [2.45, 2.75) is 12.5 Å². The van der Waals surface area contributed by atoms with E-state index in [1.54, 1.807) is 30.3 Å². The lowest BCUT2D eigenvalue weighted by Gasteiger charge is -2.25. The third-order valence-electron chi connectivity index (χ3n) is 5.57. The number of halogens is 1. The zero-order valence-electron chi connectivity index (χ0n) is 17.5. The molecule has 1 aliphatic heterocycles. The summed E-state index contributed by atoms with van der Waals surface area (Å²) in [7, 11) is 1.49. The Labute approximate surface area is 185 Å². The largest absolute Gasteiger partial charge is 0.507 e.